The van der Waals surface area contributed by atoms with E-state index in [0.29, 0.717) is 12.1 Å². The van der Waals surface area contributed by atoms with Gasteiger partial charge in [0.05, 0.1) is 5.92 Å². The molecule has 5 nitrogen and oxygen atoms in total. The highest BCUT2D eigenvalue weighted by Crippen LogP contribution is 2.21. The van der Waals surface area contributed by atoms with Gasteiger partial charge in [0.15, 0.2) is 6.04 Å². The van der Waals surface area contributed by atoms with E-state index in [0.717, 1.165) is 25.9 Å². The van der Waals surface area contributed by atoms with Crippen LogP contribution in [-0.2, 0) is 16.1 Å². The van der Waals surface area contributed by atoms with Crippen LogP contribution in [-0.4, -0.2) is 35.0 Å². The molecule has 0 spiro atoms. The van der Waals surface area contributed by atoms with E-state index in [4.69, 9.17) is 0 Å². The molecule has 1 unspecified atom stereocenters. The maximum Gasteiger partial charge on any atom is 0.330 e. The van der Waals surface area contributed by atoms with Crippen LogP contribution in [0.4, 0.5) is 0 Å². The number of carboxylic acid groups (broad SMARTS) is 1. The molecule has 2 N–H and O–H groups in total. The lowest BCUT2D eigenvalue weighted by Crippen LogP contribution is -2.45. The van der Waals surface area contributed by atoms with Crippen LogP contribution >= 0.6 is 0 Å². The minimum Gasteiger partial charge on any atom is -0.479 e. The molecule has 0 radical (unpaired) electrons. The molecule has 0 aromatic heterocycles. The van der Waals surface area contributed by atoms with Gasteiger partial charge in [0.25, 0.3) is 0 Å². The second kappa shape index (κ2) is 8.63. The van der Waals surface area contributed by atoms with Crippen molar-refractivity contribution in [3.63, 3.8) is 0 Å². The van der Waals surface area contributed by atoms with Crippen molar-refractivity contribution in [3.05, 3.63) is 71.8 Å². The summed E-state index contributed by atoms with van der Waals surface area (Å²) in [5, 5.41) is 12.2. The first kappa shape index (κ1) is 18.1. The standard InChI is InChI=1S/C21H24N2O3/c24-20(22-19(21(25)26)17-10-5-2-6-11-17)18-12-7-13-23(15-18)14-16-8-3-1-4-9-16/h1-6,8-11,18-19H,7,12-15H2,(H,22,24)(H,25,26)/t18?,19-/m1/s1. The van der Waals surface area contributed by atoms with E-state index in [2.05, 4.69) is 22.3 Å². The SMILES string of the molecule is O=C(N[C@@H](C(=O)O)c1ccccc1)C1CCCN(Cc2ccccc2)C1. The topological polar surface area (TPSA) is 69.6 Å². The summed E-state index contributed by atoms with van der Waals surface area (Å²) in [6.45, 7) is 2.42. The first-order valence-corrected chi connectivity index (χ1v) is 8.98. The number of rotatable bonds is 6. The number of nitrogens with zero attached hydrogens (tertiary/aromatic N) is 1. The molecule has 2 atom stereocenters. The smallest absolute Gasteiger partial charge is 0.330 e. The van der Waals surface area contributed by atoms with E-state index in [1.54, 1.807) is 24.3 Å². The molecule has 1 aliphatic heterocycles. The van der Waals surface area contributed by atoms with Crippen molar-refractivity contribution in [1.82, 2.24) is 10.2 Å². The van der Waals surface area contributed by atoms with Gasteiger partial charge in [-0.1, -0.05) is 60.7 Å². The third-order valence-electron chi connectivity index (χ3n) is 4.79. The number of hydrogen-bond acceptors (Lipinski definition) is 3. The lowest BCUT2D eigenvalue weighted by Gasteiger charge is -2.32. The molecule has 3 rings (SSSR count). The van der Waals surface area contributed by atoms with Gasteiger partial charge in [-0.25, -0.2) is 4.79 Å². The number of aliphatic carboxylic acids is 1. The van der Waals surface area contributed by atoms with Gasteiger partial charge < -0.3 is 10.4 Å². The summed E-state index contributed by atoms with van der Waals surface area (Å²) in [6, 6.07) is 18.0. The van der Waals surface area contributed by atoms with Gasteiger partial charge >= 0.3 is 5.97 Å². The molecule has 0 aliphatic carbocycles. The fraction of sp³-hybridized carbons (Fsp3) is 0.333. The van der Waals surface area contributed by atoms with E-state index in [1.165, 1.54) is 5.56 Å². The fourth-order valence-corrected chi connectivity index (χ4v) is 3.45. The average molecular weight is 352 g/mol. The zero-order valence-electron chi connectivity index (χ0n) is 14.7. The molecular weight excluding hydrogens is 328 g/mol. The van der Waals surface area contributed by atoms with Crippen molar-refractivity contribution in [1.29, 1.82) is 0 Å². The Hall–Kier alpha value is -2.66. The normalized spacial score (nSPS) is 18.8. The first-order valence-electron chi connectivity index (χ1n) is 8.98. The molecule has 0 saturated carbocycles. The molecule has 1 amide bonds. The van der Waals surface area contributed by atoms with Crippen LogP contribution in [0.1, 0.15) is 30.0 Å². The largest absolute Gasteiger partial charge is 0.479 e. The summed E-state index contributed by atoms with van der Waals surface area (Å²) in [5.41, 5.74) is 1.81. The van der Waals surface area contributed by atoms with E-state index in [1.807, 2.05) is 24.3 Å². The molecule has 1 heterocycles. The Morgan fingerprint density at radius 2 is 1.73 bits per heavy atom. The number of nitrogens with one attached hydrogen (secondary N) is 1. The Morgan fingerprint density at radius 3 is 2.38 bits per heavy atom. The quantitative estimate of drug-likeness (QED) is 0.839. The zero-order valence-corrected chi connectivity index (χ0v) is 14.7. The van der Waals surface area contributed by atoms with Gasteiger partial charge in [0.2, 0.25) is 5.91 Å². The average Bonchev–Trinajstić information content (AvgIpc) is 2.67. The number of likely N-dealkylation sites (tertiary alicyclic amines) is 1. The van der Waals surface area contributed by atoms with Crippen molar-refractivity contribution >= 4 is 11.9 Å². The highest BCUT2D eigenvalue weighted by atomic mass is 16.4. The van der Waals surface area contributed by atoms with Gasteiger partial charge in [-0.05, 0) is 30.5 Å². The highest BCUT2D eigenvalue weighted by molar-refractivity contribution is 5.86. The Labute approximate surface area is 153 Å². The lowest BCUT2D eigenvalue weighted by molar-refractivity contribution is -0.143. The maximum absolute atomic E-state index is 12.7. The molecule has 0 bridgehead atoms. The summed E-state index contributed by atoms with van der Waals surface area (Å²) in [4.78, 5) is 26.5. The van der Waals surface area contributed by atoms with Crippen molar-refractivity contribution in [2.75, 3.05) is 13.1 Å². The van der Waals surface area contributed by atoms with Crippen LogP contribution in [0.3, 0.4) is 0 Å². The second-order valence-electron chi connectivity index (χ2n) is 6.75. The van der Waals surface area contributed by atoms with Gasteiger partial charge in [0.1, 0.15) is 0 Å². The third kappa shape index (κ3) is 4.70. The summed E-state index contributed by atoms with van der Waals surface area (Å²) >= 11 is 0. The molecule has 1 saturated heterocycles. The van der Waals surface area contributed by atoms with E-state index in [-0.39, 0.29) is 11.8 Å². The van der Waals surface area contributed by atoms with Gasteiger partial charge in [-0.3, -0.25) is 9.69 Å². The highest BCUT2D eigenvalue weighted by Gasteiger charge is 2.29. The molecule has 2 aromatic rings. The molecule has 136 valence electrons. The van der Waals surface area contributed by atoms with Crippen LogP contribution in [0.2, 0.25) is 0 Å². The van der Waals surface area contributed by atoms with E-state index < -0.39 is 12.0 Å². The van der Waals surface area contributed by atoms with Crippen molar-refractivity contribution in [2.45, 2.75) is 25.4 Å². The van der Waals surface area contributed by atoms with Crippen molar-refractivity contribution in [2.24, 2.45) is 5.92 Å². The van der Waals surface area contributed by atoms with E-state index >= 15 is 0 Å². The number of piperidine rings is 1. The molecule has 1 aliphatic rings. The first-order chi connectivity index (χ1) is 12.6. The van der Waals surface area contributed by atoms with E-state index in [9.17, 15) is 14.7 Å². The van der Waals surface area contributed by atoms with Crippen LogP contribution in [0.25, 0.3) is 0 Å². The number of benzene rings is 2. The van der Waals surface area contributed by atoms with Crippen LogP contribution in [0.5, 0.6) is 0 Å². The maximum atomic E-state index is 12.7. The molecule has 26 heavy (non-hydrogen) atoms. The number of carbonyl (C=O) groups excluding carboxylic acids is 1. The summed E-state index contributed by atoms with van der Waals surface area (Å²) < 4.78 is 0. The summed E-state index contributed by atoms with van der Waals surface area (Å²) in [7, 11) is 0. The van der Waals surface area contributed by atoms with Crippen molar-refractivity contribution < 1.29 is 14.7 Å². The Kier molecular flexibility index (Phi) is 6.02. The molecule has 1 fully saturated rings. The fourth-order valence-electron chi connectivity index (χ4n) is 3.45. The van der Waals surface area contributed by atoms with Crippen LogP contribution in [0.15, 0.2) is 60.7 Å². The van der Waals surface area contributed by atoms with Gasteiger partial charge in [0, 0.05) is 13.1 Å². The Bertz CT molecular complexity index is 733. The molecule has 5 heteroatoms. The zero-order chi connectivity index (χ0) is 18.4. The molecular formula is C21H24N2O3. The Balaban J connectivity index is 1.62. The van der Waals surface area contributed by atoms with Crippen LogP contribution in [0, 0.1) is 5.92 Å². The number of carboxylic acids is 1. The minimum absolute atomic E-state index is 0.181. The number of amides is 1. The van der Waals surface area contributed by atoms with Gasteiger partial charge in [-0.15, -0.1) is 0 Å². The van der Waals surface area contributed by atoms with Gasteiger partial charge in [-0.2, -0.15) is 0 Å². The number of carbonyl (C=O) groups is 2. The summed E-state index contributed by atoms with van der Waals surface area (Å²) in [5.74, 6) is -1.40. The monoisotopic (exact) mass is 352 g/mol. The van der Waals surface area contributed by atoms with Crippen molar-refractivity contribution in [3.8, 4) is 0 Å². The minimum atomic E-state index is -1.04. The number of hydrogen-bond donors (Lipinski definition) is 2. The third-order valence-corrected chi connectivity index (χ3v) is 4.79. The summed E-state index contributed by atoms with van der Waals surface area (Å²) in [6.07, 6.45) is 1.73. The predicted octanol–water partition coefficient (Wildman–Crippen LogP) is 2.84. The lowest BCUT2D eigenvalue weighted by atomic mass is 9.95. The predicted molar refractivity (Wildman–Crippen MR) is 99.4 cm³/mol. The second-order valence-corrected chi connectivity index (χ2v) is 6.75. The molecule has 2 aromatic carbocycles. The van der Waals surface area contributed by atoms with Crippen LogP contribution < -0.4 is 5.32 Å². The Morgan fingerprint density at radius 1 is 1.08 bits per heavy atom.